The van der Waals surface area contributed by atoms with Crippen molar-refractivity contribution in [2.24, 2.45) is 0 Å². The minimum absolute atomic E-state index is 0.210. The molecule has 17 heavy (non-hydrogen) atoms. The number of carbonyl (C=O) groups excluding carboxylic acids is 1. The van der Waals surface area contributed by atoms with Crippen molar-refractivity contribution in [1.82, 2.24) is 0 Å². The lowest BCUT2D eigenvalue weighted by atomic mass is 10.1. The van der Waals surface area contributed by atoms with Crippen LogP contribution in [0.15, 0.2) is 24.3 Å². The first-order chi connectivity index (χ1) is 8.13. The van der Waals surface area contributed by atoms with Crippen LogP contribution in [0.4, 0.5) is 0 Å². The maximum absolute atomic E-state index is 10.8. The van der Waals surface area contributed by atoms with Gasteiger partial charge in [-0.25, -0.2) is 4.79 Å². The molecule has 1 aromatic rings. The molecule has 0 aromatic heterocycles. The molecule has 1 aromatic carbocycles. The van der Waals surface area contributed by atoms with Gasteiger partial charge >= 0.3 is 11.9 Å². The molecule has 0 fully saturated rings. The highest BCUT2D eigenvalue weighted by Crippen LogP contribution is 2.14. The average Bonchev–Trinajstić information content (AvgIpc) is 2.34. The van der Waals surface area contributed by atoms with Gasteiger partial charge in [0.15, 0.2) is 0 Å². The van der Waals surface area contributed by atoms with E-state index < -0.39 is 5.97 Å². The van der Waals surface area contributed by atoms with Gasteiger partial charge in [-0.1, -0.05) is 12.1 Å². The number of aromatic carboxylic acids is 1. The van der Waals surface area contributed by atoms with Crippen molar-refractivity contribution >= 4 is 23.7 Å². The fourth-order valence-corrected chi connectivity index (χ4v) is 2.07. The summed E-state index contributed by atoms with van der Waals surface area (Å²) in [5, 5.41) is 8.72. The number of hydrogen-bond donors (Lipinski definition) is 1. The summed E-state index contributed by atoms with van der Waals surface area (Å²) in [5.74, 6) is 0.332. The highest BCUT2D eigenvalue weighted by molar-refractivity contribution is 7.98. The molecular formula is C12H14O4S. The Labute approximate surface area is 104 Å². The van der Waals surface area contributed by atoms with Crippen LogP contribution in [0.5, 0.6) is 0 Å². The van der Waals surface area contributed by atoms with Gasteiger partial charge in [0.1, 0.15) is 0 Å². The molecule has 0 saturated heterocycles. The van der Waals surface area contributed by atoms with Crippen molar-refractivity contribution in [3.05, 3.63) is 35.4 Å². The van der Waals surface area contributed by atoms with E-state index in [2.05, 4.69) is 4.74 Å². The minimum Gasteiger partial charge on any atom is -0.478 e. The fourth-order valence-electron chi connectivity index (χ4n) is 1.19. The molecule has 0 bridgehead atoms. The first-order valence-electron chi connectivity index (χ1n) is 5.10. The molecule has 0 spiro atoms. The molecule has 92 valence electrons. The van der Waals surface area contributed by atoms with Gasteiger partial charge in [-0.05, 0) is 17.7 Å². The van der Waals surface area contributed by atoms with E-state index in [0.717, 1.165) is 11.3 Å². The Kier molecular flexibility index (Phi) is 5.56. The van der Waals surface area contributed by atoms with Gasteiger partial charge in [-0.3, -0.25) is 4.79 Å². The predicted molar refractivity (Wildman–Crippen MR) is 66.2 cm³/mol. The van der Waals surface area contributed by atoms with Gasteiger partial charge in [0.25, 0.3) is 0 Å². The average molecular weight is 254 g/mol. The fraction of sp³-hybridized carbons (Fsp3) is 0.333. The van der Waals surface area contributed by atoms with E-state index in [-0.39, 0.29) is 11.5 Å². The van der Waals surface area contributed by atoms with Crippen molar-refractivity contribution in [1.29, 1.82) is 0 Å². The zero-order valence-electron chi connectivity index (χ0n) is 9.51. The molecule has 1 rings (SSSR count). The minimum atomic E-state index is -0.921. The number of thioether (sulfide) groups is 1. The van der Waals surface area contributed by atoms with Crippen LogP contribution >= 0.6 is 11.8 Å². The second-order valence-corrected chi connectivity index (χ2v) is 4.49. The standard InChI is InChI=1S/C12H14O4S/c1-16-11(13)6-7-17-8-9-2-4-10(5-3-9)12(14)15/h2-5H,6-8H2,1H3,(H,14,15). The summed E-state index contributed by atoms with van der Waals surface area (Å²) in [6, 6.07) is 6.74. The maximum Gasteiger partial charge on any atom is 0.335 e. The number of carbonyl (C=O) groups is 2. The van der Waals surface area contributed by atoms with E-state index in [1.54, 1.807) is 36.0 Å². The highest BCUT2D eigenvalue weighted by Gasteiger charge is 2.03. The maximum atomic E-state index is 10.8. The number of carboxylic acids is 1. The molecule has 1 N–H and O–H groups in total. The van der Waals surface area contributed by atoms with Gasteiger partial charge in [-0.15, -0.1) is 0 Å². The molecule has 4 nitrogen and oxygen atoms in total. The third kappa shape index (κ3) is 4.91. The Morgan fingerprint density at radius 2 is 1.94 bits per heavy atom. The lowest BCUT2D eigenvalue weighted by Gasteiger charge is -2.02. The molecule has 0 aliphatic rings. The van der Waals surface area contributed by atoms with Crippen molar-refractivity contribution in [3.63, 3.8) is 0 Å². The molecule has 0 radical (unpaired) electrons. The molecular weight excluding hydrogens is 240 g/mol. The second kappa shape index (κ2) is 6.96. The summed E-state index contributed by atoms with van der Waals surface area (Å²) >= 11 is 1.62. The Bertz CT molecular complexity index is 386. The molecule has 0 amide bonds. The molecule has 0 saturated carbocycles. The lowest BCUT2D eigenvalue weighted by Crippen LogP contribution is -2.01. The Balaban J connectivity index is 2.32. The summed E-state index contributed by atoms with van der Waals surface area (Å²) in [6.45, 7) is 0. The third-order valence-corrected chi connectivity index (χ3v) is 3.18. The molecule has 0 aliphatic heterocycles. The number of hydrogen-bond acceptors (Lipinski definition) is 4. The van der Waals surface area contributed by atoms with Crippen LogP contribution in [0.1, 0.15) is 22.3 Å². The van der Waals surface area contributed by atoms with E-state index >= 15 is 0 Å². The first kappa shape index (κ1) is 13.6. The van der Waals surface area contributed by atoms with E-state index in [1.807, 2.05) is 0 Å². The third-order valence-electron chi connectivity index (χ3n) is 2.15. The molecule has 0 aliphatic carbocycles. The van der Waals surface area contributed by atoms with E-state index in [0.29, 0.717) is 12.2 Å². The SMILES string of the molecule is COC(=O)CCSCc1ccc(C(=O)O)cc1. The van der Waals surface area contributed by atoms with Crippen molar-refractivity contribution in [2.45, 2.75) is 12.2 Å². The smallest absolute Gasteiger partial charge is 0.335 e. The summed E-state index contributed by atoms with van der Waals surface area (Å²) in [4.78, 5) is 21.5. The zero-order valence-corrected chi connectivity index (χ0v) is 10.3. The van der Waals surface area contributed by atoms with Crippen LogP contribution < -0.4 is 0 Å². The predicted octanol–water partition coefficient (Wildman–Crippen LogP) is 2.18. The zero-order chi connectivity index (χ0) is 12.7. The number of ether oxygens (including phenoxy) is 1. The van der Waals surface area contributed by atoms with Crippen molar-refractivity contribution in [2.75, 3.05) is 12.9 Å². The van der Waals surface area contributed by atoms with Gasteiger partial charge in [-0.2, -0.15) is 11.8 Å². The van der Waals surface area contributed by atoms with E-state index in [1.165, 1.54) is 7.11 Å². The largest absolute Gasteiger partial charge is 0.478 e. The number of carboxylic acid groups (broad SMARTS) is 1. The molecule has 5 heteroatoms. The summed E-state index contributed by atoms with van der Waals surface area (Å²) in [7, 11) is 1.37. The quantitative estimate of drug-likeness (QED) is 0.622. The van der Waals surface area contributed by atoms with Crippen LogP contribution in [0, 0.1) is 0 Å². The van der Waals surface area contributed by atoms with Crippen LogP contribution in [0.3, 0.4) is 0 Å². The van der Waals surface area contributed by atoms with Gasteiger partial charge in [0.2, 0.25) is 0 Å². The number of benzene rings is 1. The topological polar surface area (TPSA) is 63.6 Å². The van der Waals surface area contributed by atoms with Crippen LogP contribution in [-0.2, 0) is 15.3 Å². The van der Waals surface area contributed by atoms with Gasteiger partial charge in [0.05, 0.1) is 19.1 Å². The number of rotatable bonds is 6. The Morgan fingerprint density at radius 1 is 1.29 bits per heavy atom. The summed E-state index contributed by atoms with van der Waals surface area (Å²) in [5.41, 5.74) is 1.33. The monoisotopic (exact) mass is 254 g/mol. The number of methoxy groups -OCH3 is 1. The van der Waals surface area contributed by atoms with Crippen molar-refractivity contribution in [3.8, 4) is 0 Å². The second-order valence-electron chi connectivity index (χ2n) is 3.38. The van der Waals surface area contributed by atoms with Crippen LogP contribution in [0.2, 0.25) is 0 Å². The van der Waals surface area contributed by atoms with E-state index in [9.17, 15) is 9.59 Å². The summed E-state index contributed by atoms with van der Waals surface area (Å²) < 4.78 is 4.53. The normalized spacial score (nSPS) is 9.94. The van der Waals surface area contributed by atoms with E-state index in [4.69, 9.17) is 5.11 Å². The van der Waals surface area contributed by atoms with Crippen LogP contribution in [0.25, 0.3) is 0 Å². The first-order valence-corrected chi connectivity index (χ1v) is 6.25. The summed E-state index contributed by atoms with van der Waals surface area (Å²) in [6.07, 6.45) is 0.397. The van der Waals surface area contributed by atoms with Gasteiger partial charge in [0, 0.05) is 11.5 Å². The highest BCUT2D eigenvalue weighted by atomic mass is 32.2. The van der Waals surface area contributed by atoms with Crippen LogP contribution in [-0.4, -0.2) is 29.9 Å². The van der Waals surface area contributed by atoms with Gasteiger partial charge < -0.3 is 9.84 Å². The Morgan fingerprint density at radius 3 is 2.47 bits per heavy atom. The molecule has 0 heterocycles. The lowest BCUT2D eigenvalue weighted by molar-refractivity contribution is -0.140. The number of esters is 1. The molecule has 0 unspecified atom stereocenters. The van der Waals surface area contributed by atoms with Crippen molar-refractivity contribution < 1.29 is 19.4 Å². The Hall–Kier alpha value is -1.49. The molecule has 0 atom stereocenters.